The van der Waals surface area contributed by atoms with Gasteiger partial charge in [-0.15, -0.1) is 0 Å². The van der Waals surface area contributed by atoms with E-state index in [2.05, 4.69) is 5.32 Å². The highest BCUT2D eigenvalue weighted by Crippen LogP contribution is 2.19. The maximum Gasteiger partial charge on any atom is 0.407 e. The molecule has 0 aliphatic heterocycles. The highest BCUT2D eigenvalue weighted by atomic mass is 16.6. The van der Waals surface area contributed by atoms with Crippen LogP contribution in [0.15, 0.2) is 0 Å². The van der Waals surface area contributed by atoms with Gasteiger partial charge in [0.1, 0.15) is 0 Å². The Morgan fingerprint density at radius 3 is 2.62 bits per heavy atom. The van der Waals surface area contributed by atoms with Crippen LogP contribution in [0.2, 0.25) is 0 Å². The Morgan fingerprint density at radius 2 is 2.00 bits per heavy atom. The van der Waals surface area contributed by atoms with Gasteiger partial charge < -0.3 is 14.8 Å². The quantitative estimate of drug-likeness (QED) is 0.737. The summed E-state index contributed by atoms with van der Waals surface area (Å²) in [4.78, 5) is 11.1. The predicted molar refractivity (Wildman–Crippen MR) is 62.4 cm³/mol. The zero-order chi connectivity index (χ0) is 11.8. The molecular formula is C12H23NO3. The van der Waals surface area contributed by atoms with Crippen LogP contribution in [0.3, 0.4) is 0 Å². The first kappa shape index (κ1) is 13.3. The molecule has 0 saturated heterocycles. The highest BCUT2D eigenvalue weighted by Gasteiger charge is 2.13. The van der Waals surface area contributed by atoms with Crippen molar-refractivity contribution in [3.63, 3.8) is 0 Å². The summed E-state index contributed by atoms with van der Waals surface area (Å²) < 4.78 is 10.6. The summed E-state index contributed by atoms with van der Waals surface area (Å²) in [6, 6.07) is 0. The van der Waals surface area contributed by atoms with Crippen LogP contribution in [0, 0.1) is 0 Å². The van der Waals surface area contributed by atoms with Gasteiger partial charge in [-0.05, 0) is 26.7 Å². The number of carbonyl (C=O) groups excluding carboxylic acids is 1. The highest BCUT2D eigenvalue weighted by molar-refractivity contribution is 5.67. The second-order valence-corrected chi connectivity index (χ2v) is 4.51. The topological polar surface area (TPSA) is 47.6 Å². The summed E-state index contributed by atoms with van der Waals surface area (Å²) in [6.07, 6.45) is 6.17. The van der Waals surface area contributed by atoms with Crippen LogP contribution >= 0.6 is 0 Å². The zero-order valence-electron chi connectivity index (χ0n) is 10.3. The Labute approximate surface area is 97.7 Å². The molecule has 0 heterocycles. The number of carbonyl (C=O) groups is 1. The zero-order valence-corrected chi connectivity index (χ0v) is 10.3. The van der Waals surface area contributed by atoms with Crippen molar-refractivity contribution in [3.8, 4) is 0 Å². The number of ether oxygens (including phenoxy) is 2. The fourth-order valence-electron chi connectivity index (χ4n) is 1.87. The standard InChI is InChI=1S/C12H23NO3/c1-10(2)16-12(14)13-8-9-15-11-6-4-3-5-7-11/h10-11H,3-9H2,1-2H3,(H,13,14). The molecule has 1 aliphatic rings. The van der Waals surface area contributed by atoms with Gasteiger partial charge in [0.25, 0.3) is 0 Å². The smallest absolute Gasteiger partial charge is 0.407 e. The molecule has 1 rings (SSSR count). The van der Waals surface area contributed by atoms with E-state index in [1.165, 1.54) is 19.3 Å². The fourth-order valence-corrected chi connectivity index (χ4v) is 1.87. The van der Waals surface area contributed by atoms with E-state index < -0.39 is 0 Å². The lowest BCUT2D eigenvalue weighted by molar-refractivity contribution is 0.0291. The Morgan fingerprint density at radius 1 is 1.31 bits per heavy atom. The molecule has 1 aliphatic carbocycles. The van der Waals surface area contributed by atoms with Gasteiger partial charge in [-0.1, -0.05) is 19.3 Å². The monoisotopic (exact) mass is 229 g/mol. The van der Waals surface area contributed by atoms with Crippen molar-refractivity contribution in [1.82, 2.24) is 5.32 Å². The van der Waals surface area contributed by atoms with Crippen LogP contribution in [0.4, 0.5) is 4.79 Å². The largest absolute Gasteiger partial charge is 0.447 e. The van der Waals surface area contributed by atoms with Crippen LogP contribution in [0.5, 0.6) is 0 Å². The molecular weight excluding hydrogens is 206 g/mol. The Kier molecular flexibility index (Phi) is 6.23. The lowest BCUT2D eigenvalue weighted by atomic mass is 9.98. The Hall–Kier alpha value is -0.770. The van der Waals surface area contributed by atoms with Crippen LogP contribution in [0.25, 0.3) is 0 Å². The SMILES string of the molecule is CC(C)OC(=O)NCCOC1CCCCC1. The summed E-state index contributed by atoms with van der Waals surface area (Å²) in [7, 11) is 0. The number of rotatable bonds is 5. The van der Waals surface area contributed by atoms with Crippen molar-refractivity contribution in [2.24, 2.45) is 0 Å². The van der Waals surface area contributed by atoms with Crippen molar-refractivity contribution >= 4 is 6.09 Å². The first-order valence-corrected chi connectivity index (χ1v) is 6.24. The number of hydrogen-bond donors (Lipinski definition) is 1. The summed E-state index contributed by atoms with van der Waals surface area (Å²) in [5.74, 6) is 0. The van der Waals surface area contributed by atoms with Crippen LogP contribution in [0.1, 0.15) is 46.0 Å². The number of nitrogens with one attached hydrogen (secondary N) is 1. The lowest BCUT2D eigenvalue weighted by Crippen LogP contribution is -2.31. The molecule has 0 bridgehead atoms. The van der Waals surface area contributed by atoms with Crippen molar-refractivity contribution in [1.29, 1.82) is 0 Å². The van der Waals surface area contributed by atoms with Gasteiger partial charge in [0.15, 0.2) is 0 Å². The van der Waals surface area contributed by atoms with E-state index >= 15 is 0 Å². The van der Waals surface area contributed by atoms with Crippen LogP contribution in [-0.4, -0.2) is 31.5 Å². The Balaban J connectivity index is 1.96. The van der Waals surface area contributed by atoms with Gasteiger partial charge in [-0.3, -0.25) is 0 Å². The van der Waals surface area contributed by atoms with Gasteiger partial charge in [0.2, 0.25) is 0 Å². The van der Waals surface area contributed by atoms with Crippen LogP contribution < -0.4 is 5.32 Å². The predicted octanol–water partition coefficient (Wildman–Crippen LogP) is 2.47. The minimum absolute atomic E-state index is 0.0701. The van der Waals surface area contributed by atoms with Gasteiger partial charge >= 0.3 is 6.09 Å². The maximum atomic E-state index is 11.1. The van der Waals surface area contributed by atoms with Gasteiger partial charge in [-0.2, -0.15) is 0 Å². The minimum atomic E-state index is -0.359. The Bertz CT molecular complexity index is 200. The molecule has 1 N–H and O–H groups in total. The average molecular weight is 229 g/mol. The van der Waals surface area contributed by atoms with E-state index in [1.54, 1.807) is 0 Å². The molecule has 0 aromatic rings. The molecule has 1 saturated carbocycles. The molecule has 0 spiro atoms. The van der Waals surface area contributed by atoms with Gasteiger partial charge in [0.05, 0.1) is 18.8 Å². The first-order valence-electron chi connectivity index (χ1n) is 6.24. The number of amides is 1. The normalized spacial score (nSPS) is 17.4. The van der Waals surface area contributed by atoms with Gasteiger partial charge in [0, 0.05) is 6.54 Å². The summed E-state index contributed by atoms with van der Waals surface area (Å²) >= 11 is 0. The second kappa shape index (κ2) is 7.49. The van der Waals surface area contributed by atoms with E-state index in [0.717, 1.165) is 12.8 Å². The number of alkyl carbamates (subject to hydrolysis) is 1. The van der Waals surface area contributed by atoms with E-state index in [1.807, 2.05) is 13.8 Å². The first-order chi connectivity index (χ1) is 7.68. The van der Waals surface area contributed by atoms with E-state index in [4.69, 9.17) is 9.47 Å². The van der Waals surface area contributed by atoms with E-state index in [0.29, 0.717) is 19.3 Å². The average Bonchev–Trinajstić information content (AvgIpc) is 2.25. The molecule has 4 nitrogen and oxygen atoms in total. The molecule has 0 unspecified atom stereocenters. The van der Waals surface area contributed by atoms with Crippen molar-refractivity contribution in [2.75, 3.05) is 13.2 Å². The van der Waals surface area contributed by atoms with Crippen molar-refractivity contribution < 1.29 is 14.3 Å². The number of hydrogen-bond acceptors (Lipinski definition) is 3. The third-order valence-corrected chi connectivity index (χ3v) is 2.62. The summed E-state index contributed by atoms with van der Waals surface area (Å²) in [6.45, 7) is 4.77. The molecule has 1 fully saturated rings. The summed E-state index contributed by atoms with van der Waals surface area (Å²) in [5, 5.41) is 2.67. The molecule has 0 atom stereocenters. The van der Waals surface area contributed by atoms with Crippen molar-refractivity contribution in [2.45, 2.75) is 58.2 Å². The molecule has 0 radical (unpaired) electrons. The molecule has 94 valence electrons. The van der Waals surface area contributed by atoms with E-state index in [9.17, 15) is 4.79 Å². The summed E-state index contributed by atoms with van der Waals surface area (Å²) in [5.41, 5.74) is 0. The second-order valence-electron chi connectivity index (χ2n) is 4.51. The molecule has 0 aromatic carbocycles. The van der Waals surface area contributed by atoms with E-state index in [-0.39, 0.29) is 12.2 Å². The third-order valence-electron chi connectivity index (χ3n) is 2.62. The van der Waals surface area contributed by atoms with Crippen LogP contribution in [-0.2, 0) is 9.47 Å². The molecule has 1 amide bonds. The van der Waals surface area contributed by atoms with Crippen molar-refractivity contribution in [3.05, 3.63) is 0 Å². The molecule has 4 heteroatoms. The van der Waals surface area contributed by atoms with Gasteiger partial charge in [-0.25, -0.2) is 4.79 Å². The minimum Gasteiger partial charge on any atom is -0.447 e. The lowest BCUT2D eigenvalue weighted by Gasteiger charge is -2.22. The fraction of sp³-hybridized carbons (Fsp3) is 0.917. The molecule has 16 heavy (non-hydrogen) atoms. The maximum absolute atomic E-state index is 11.1. The third kappa shape index (κ3) is 5.95. The molecule has 0 aromatic heterocycles.